The molecule has 1 aromatic heterocycles. The maximum absolute atomic E-state index is 3.59. The minimum atomic E-state index is 0.528. The molecule has 0 saturated carbocycles. The summed E-state index contributed by atoms with van der Waals surface area (Å²) in [6.45, 7) is 2.18. The van der Waals surface area contributed by atoms with Crippen molar-refractivity contribution in [3.05, 3.63) is 33.2 Å². The van der Waals surface area contributed by atoms with Crippen molar-refractivity contribution in [2.45, 2.75) is 6.92 Å². The third-order valence-corrected chi connectivity index (χ3v) is 5.45. The number of fused-ring (bicyclic) bond motifs is 1. The first kappa shape index (κ1) is 7.60. The van der Waals surface area contributed by atoms with Gasteiger partial charge in [0.15, 0.2) is 0 Å². The van der Waals surface area contributed by atoms with Gasteiger partial charge in [0.25, 0.3) is 0 Å². The van der Waals surface area contributed by atoms with Gasteiger partial charge in [-0.2, -0.15) is 0 Å². The Kier molecular flexibility index (Phi) is 1.92. The van der Waals surface area contributed by atoms with Crippen molar-refractivity contribution in [3.63, 3.8) is 0 Å². The molecule has 0 saturated heterocycles. The van der Waals surface area contributed by atoms with Crippen LogP contribution in [0.5, 0.6) is 0 Å². The zero-order valence-corrected chi connectivity index (χ0v) is 9.39. The molecule has 0 atom stereocenters. The van der Waals surface area contributed by atoms with Gasteiger partial charge in [-0.05, 0) is 0 Å². The molecule has 2 rings (SSSR count). The van der Waals surface area contributed by atoms with Crippen LogP contribution in [0, 0.1) is 6.92 Å². The average Bonchev–Trinajstić information content (AvgIpc) is 2.30. The zero-order valence-electron chi connectivity index (χ0n) is 6.10. The fourth-order valence-electron chi connectivity index (χ4n) is 1.14. The summed E-state index contributed by atoms with van der Waals surface area (Å²) in [6.07, 6.45) is 0. The molecule has 0 aliphatic carbocycles. The van der Waals surface area contributed by atoms with Crippen LogP contribution in [0.3, 0.4) is 0 Å². The molecule has 0 aliphatic rings. The van der Waals surface area contributed by atoms with Gasteiger partial charge in [0.2, 0.25) is 0 Å². The Labute approximate surface area is 80.1 Å². The summed E-state index contributed by atoms with van der Waals surface area (Å²) >= 11 is 4.12. The standard InChI is InChI=1S/C9H7BrSe/c1-6-7-4-2-3-5-8(7)11-9(6)10/h2-5H,1H3. The van der Waals surface area contributed by atoms with Gasteiger partial charge in [-0.3, -0.25) is 0 Å². The van der Waals surface area contributed by atoms with Crippen LogP contribution in [0.4, 0.5) is 0 Å². The van der Waals surface area contributed by atoms with Crippen LogP contribution in [0.25, 0.3) is 9.65 Å². The van der Waals surface area contributed by atoms with E-state index in [4.69, 9.17) is 0 Å². The molecule has 0 radical (unpaired) electrons. The second kappa shape index (κ2) is 2.78. The van der Waals surface area contributed by atoms with Crippen molar-refractivity contribution in [3.8, 4) is 0 Å². The van der Waals surface area contributed by atoms with E-state index in [0.717, 1.165) is 0 Å². The molecule has 0 spiro atoms. The molecular weight excluding hydrogens is 267 g/mol. The summed E-state index contributed by atoms with van der Waals surface area (Å²) in [5, 5.41) is 1.43. The zero-order chi connectivity index (χ0) is 7.84. The first-order valence-electron chi connectivity index (χ1n) is 3.42. The molecule has 0 nitrogen and oxygen atoms in total. The molecule has 0 bridgehead atoms. The van der Waals surface area contributed by atoms with E-state index in [2.05, 4.69) is 47.1 Å². The first-order valence-corrected chi connectivity index (χ1v) is 5.93. The van der Waals surface area contributed by atoms with Gasteiger partial charge in [-0.1, -0.05) is 0 Å². The molecule has 1 aromatic carbocycles. The number of hydrogen-bond acceptors (Lipinski definition) is 0. The van der Waals surface area contributed by atoms with E-state index in [9.17, 15) is 0 Å². The van der Waals surface area contributed by atoms with Crippen LogP contribution >= 0.6 is 15.9 Å². The van der Waals surface area contributed by atoms with Gasteiger partial charge in [-0.25, -0.2) is 0 Å². The molecule has 0 amide bonds. The fraction of sp³-hybridized carbons (Fsp3) is 0.111. The molecule has 2 heteroatoms. The number of aryl methyl sites for hydroxylation is 1. The number of halogens is 1. The molecule has 2 aromatic rings. The second-order valence-corrected chi connectivity index (χ2v) is 6.68. The normalized spacial score (nSPS) is 10.7. The van der Waals surface area contributed by atoms with E-state index < -0.39 is 0 Å². The van der Waals surface area contributed by atoms with E-state index >= 15 is 0 Å². The van der Waals surface area contributed by atoms with Gasteiger partial charge in [0, 0.05) is 0 Å². The summed E-state index contributed by atoms with van der Waals surface area (Å²) in [6, 6.07) is 8.62. The van der Waals surface area contributed by atoms with Gasteiger partial charge in [0.05, 0.1) is 0 Å². The van der Waals surface area contributed by atoms with Crippen LogP contribution in [0.1, 0.15) is 5.56 Å². The fourth-order valence-corrected chi connectivity index (χ4v) is 4.22. The predicted octanol–water partition coefficient (Wildman–Crippen LogP) is 2.97. The Bertz CT molecular complexity index is 389. The van der Waals surface area contributed by atoms with Gasteiger partial charge in [-0.15, -0.1) is 0 Å². The van der Waals surface area contributed by atoms with Crippen LogP contribution in [0.15, 0.2) is 27.6 Å². The molecule has 1 heterocycles. The SMILES string of the molecule is Cc1c(Br)[se]c2ccccc12. The number of hydrogen-bond donors (Lipinski definition) is 0. The van der Waals surface area contributed by atoms with Gasteiger partial charge < -0.3 is 0 Å². The second-order valence-electron chi connectivity index (χ2n) is 2.50. The summed E-state index contributed by atoms with van der Waals surface area (Å²) in [4.78, 5) is 0. The van der Waals surface area contributed by atoms with Crippen molar-refractivity contribution in [1.29, 1.82) is 0 Å². The molecule has 11 heavy (non-hydrogen) atoms. The monoisotopic (exact) mass is 274 g/mol. The van der Waals surface area contributed by atoms with Crippen molar-refractivity contribution < 1.29 is 0 Å². The number of benzene rings is 1. The summed E-state index contributed by atoms with van der Waals surface area (Å²) in [5.74, 6) is 0. The Hall–Kier alpha value is -0.0405. The van der Waals surface area contributed by atoms with E-state index in [0.29, 0.717) is 14.5 Å². The summed E-state index contributed by atoms with van der Waals surface area (Å²) in [5.41, 5.74) is 1.42. The van der Waals surface area contributed by atoms with E-state index in [1.54, 1.807) is 0 Å². The molecular formula is C9H7BrSe. The van der Waals surface area contributed by atoms with Crippen molar-refractivity contribution in [1.82, 2.24) is 0 Å². The summed E-state index contributed by atoms with van der Waals surface area (Å²) < 4.78 is 2.90. The molecule has 0 fully saturated rings. The summed E-state index contributed by atoms with van der Waals surface area (Å²) in [7, 11) is 0. The topological polar surface area (TPSA) is 0 Å². The van der Waals surface area contributed by atoms with Crippen LogP contribution in [0.2, 0.25) is 0 Å². The third kappa shape index (κ3) is 1.20. The minimum absolute atomic E-state index is 0.528. The van der Waals surface area contributed by atoms with Crippen LogP contribution < -0.4 is 0 Å². The van der Waals surface area contributed by atoms with Crippen LogP contribution in [-0.4, -0.2) is 14.5 Å². The van der Waals surface area contributed by atoms with Crippen molar-refractivity contribution in [2.24, 2.45) is 0 Å². The first-order chi connectivity index (χ1) is 5.29. The predicted molar refractivity (Wildman–Crippen MR) is 53.3 cm³/mol. The average molecular weight is 274 g/mol. The van der Waals surface area contributed by atoms with Crippen molar-refractivity contribution in [2.75, 3.05) is 0 Å². The molecule has 56 valence electrons. The Morgan fingerprint density at radius 2 is 2.00 bits per heavy atom. The van der Waals surface area contributed by atoms with Crippen LogP contribution in [-0.2, 0) is 0 Å². The quantitative estimate of drug-likeness (QED) is 0.648. The molecule has 0 N–H and O–H groups in total. The van der Waals surface area contributed by atoms with E-state index in [1.165, 1.54) is 18.6 Å². The van der Waals surface area contributed by atoms with Gasteiger partial charge >= 0.3 is 80.2 Å². The number of rotatable bonds is 0. The third-order valence-electron chi connectivity index (χ3n) is 1.79. The molecule has 0 aliphatic heterocycles. The maximum atomic E-state index is 3.59. The van der Waals surface area contributed by atoms with Gasteiger partial charge in [0.1, 0.15) is 0 Å². The van der Waals surface area contributed by atoms with E-state index in [1.807, 2.05) is 0 Å². The molecule has 0 unspecified atom stereocenters. The Morgan fingerprint density at radius 1 is 1.27 bits per heavy atom. The Morgan fingerprint density at radius 3 is 2.73 bits per heavy atom. The Balaban J connectivity index is 2.92. The van der Waals surface area contributed by atoms with E-state index in [-0.39, 0.29) is 0 Å². The van der Waals surface area contributed by atoms with Crippen molar-refractivity contribution >= 4 is 40.1 Å².